The average molecular weight is 919 g/mol. The Morgan fingerprint density at radius 1 is 0.571 bits per heavy atom. The maximum Gasteiger partial charge on any atom is 0.0577 e. The highest BCUT2D eigenvalue weighted by molar-refractivity contribution is 6.06. The Bertz CT molecular complexity index is 2810. The second-order valence-corrected chi connectivity index (χ2v) is 16.9. The van der Waals surface area contributed by atoms with Crippen molar-refractivity contribution in [3.8, 4) is 11.1 Å². The third-order valence-corrected chi connectivity index (χ3v) is 12.6. The van der Waals surface area contributed by atoms with Gasteiger partial charge in [0.2, 0.25) is 0 Å². The smallest absolute Gasteiger partial charge is 0.0577 e. The minimum Gasteiger partial charge on any atom is -0.0905 e. The third kappa shape index (κ3) is 13.6. The van der Waals surface area contributed by atoms with Crippen LogP contribution in [0.1, 0.15) is 120 Å². The lowest BCUT2D eigenvalue weighted by Crippen LogP contribution is -2.20. The molecule has 2 atom stereocenters. The molecule has 0 nitrogen and oxygen atoms in total. The molecule has 0 aromatic heterocycles. The Morgan fingerprint density at radius 3 is 1.94 bits per heavy atom. The highest BCUT2D eigenvalue weighted by Crippen LogP contribution is 2.49. The summed E-state index contributed by atoms with van der Waals surface area (Å²) in [5.41, 5.74) is 19.3. The zero-order valence-electron chi connectivity index (χ0n) is 43.8. The van der Waals surface area contributed by atoms with Gasteiger partial charge in [0.05, 0.1) is 5.41 Å². The number of hydrogen-bond acceptors (Lipinski definition) is 0. The van der Waals surface area contributed by atoms with Crippen LogP contribution in [0.15, 0.2) is 248 Å². The molecule has 0 radical (unpaired) electrons. The first-order valence-corrected chi connectivity index (χ1v) is 26.2. The van der Waals surface area contributed by atoms with Gasteiger partial charge in [-0.2, -0.15) is 0 Å². The molecule has 0 amide bonds. The Labute approximate surface area is 424 Å². The SMILES string of the molecule is C=C1/C(c2ccc(CC3=CC(C4=CC=CC4)C3)cc2)=C\C=C/C/C=C\c2ccccc21.CC.CC.CC.CC.Cc1cccc(-c2ccc3c(c2)C2=CC3(C3=CCC=C3)/C=C/C=C\C=C/C=C\C=C/2)c1. The topological polar surface area (TPSA) is 0 Å². The summed E-state index contributed by atoms with van der Waals surface area (Å²) < 4.78 is 0. The molecule has 358 valence electrons. The Hall–Kier alpha value is -7.02. The summed E-state index contributed by atoms with van der Waals surface area (Å²) in [5.74, 6) is 0.668. The van der Waals surface area contributed by atoms with Gasteiger partial charge in [0.25, 0.3) is 0 Å². The zero-order valence-corrected chi connectivity index (χ0v) is 43.8. The summed E-state index contributed by atoms with van der Waals surface area (Å²) in [6.45, 7) is 22.6. The molecule has 0 N–H and O–H groups in total. The molecule has 4 aromatic rings. The molecule has 0 fully saturated rings. The van der Waals surface area contributed by atoms with Gasteiger partial charge in [0.1, 0.15) is 0 Å². The number of hydrogen-bond donors (Lipinski definition) is 0. The molecule has 0 saturated carbocycles. The van der Waals surface area contributed by atoms with E-state index in [1.54, 1.807) is 11.1 Å². The van der Waals surface area contributed by atoms with Crippen molar-refractivity contribution in [1.82, 2.24) is 0 Å². The highest BCUT2D eigenvalue weighted by Gasteiger charge is 2.38. The molecule has 0 spiro atoms. The summed E-state index contributed by atoms with van der Waals surface area (Å²) in [4.78, 5) is 0. The predicted octanol–water partition coefficient (Wildman–Crippen LogP) is 20.2. The van der Waals surface area contributed by atoms with E-state index in [1.165, 1.54) is 73.2 Å². The van der Waals surface area contributed by atoms with Crippen LogP contribution in [0.2, 0.25) is 0 Å². The van der Waals surface area contributed by atoms with E-state index >= 15 is 0 Å². The van der Waals surface area contributed by atoms with E-state index in [2.05, 4.69) is 244 Å². The number of rotatable bonds is 6. The molecule has 70 heavy (non-hydrogen) atoms. The maximum atomic E-state index is 4.47. The molecular formula is C70H78. The summed E-state index contributed by atoms with van der Waals surface area (Å²) in [5, 5.41) is 0. The van der Waals surface area contributed by atoms with Crippen LogP contribution < -0.4 is 0 Å². The standard InChI is InChI=1S/C31H28.C31H26.4C2H6/c1-23-30-15-9-8-13-27(30)12-4-2-3-5-14-31(23)28-18-16-24(17-19-28)20-25-21-29(22-25)26-10-6-7-11-26;1-24-13-12-15-25(21-24)26-18-19-30-29(22-26)27-14-8-6-4-2-3-5-7-11-20-31(30,23-27)28-16-9-10-17-28;4*1-2/h3-10,12-19,21,29H,1-2,11,20,22H2;2-9,11-23H,10H2,1H3;4*1-2H3/b5-3-,12-4-,31-14+;3-2-,6-4-,7-5-,14-8-,20-11+;;;;. The van der Waals surface area contributed by atoms with Gasteiger partial charge in [-0.3, -0.25) is 0 Å². The molecule has 2 unspecified atom stereocenters. The van der Waals surface area contributed by atoms with Crippen LogP contribution in [0.3, 0.4) is 0 Å². The van der Waals surface area contributed by atoms with Gasteiger partial charge >= 0.3 is 0 Å². The van der Waals surface area contributed by atoms with E-state index in [-0.39, 0.29) is 5.41 Å². The molecule has 2 bridgehead atoms. The highest BCUT2D eigenvalue weighted by atomic mass is 14.4. The van der Waals surface area contributed by atoms with Crippen molar-refractivity contribution in [1.29, 1.82) is 0 Å². The minimum atomic E-state index is -0.237. The van der Waals surface area contributed by atoms with Crippen LogP contribution in [0, 0.1) is 12.8 Å². The Kier molecular flexibility index (Phi) is 21.9. The van der Waals surface area contributed by atoms with Gasteiger partial charge in [-0.1, -0.05) is 303 Å². The van der Waals surface area contributed by atoms with E-state index < -0.39 is 0 Å². The lowest BCUT2D eigenvalue weighted by atomic mass is 9.75. The van der Waals surface area contributed by atoms with E-state index in [0.717, 1.165) is 31.3 Å². The number of allylic oxidation sites excluding steroid dienone is 28. The van der Waals surface area contributed by atoms with Gasteiger partial charge in [-0.05, 0) is 112 Å². The van der Waals surface area contributed by atoms with Crippen molar-refractivity contribution in [3.05, 3.63) is 287 Å². The van der Waals surface area contributed by atoms with E-state index in [1.807, 2.05) is 55.4 Å². The summed E-state index contributed by atoms with van der Waals surface area (Å²) in [7, 11) is 0. The van der Waals surface area contributed by atoms with E-state index in [4.69, 9.17) is 0 Å². The summed E-state index contributed by atoms with van der Waals surface area (Å²) in [6, 6.07) is 33.3. The van der Waals surface area contributed by atoms with Crippen molar-refractivity contribution >= 4 is 22.8 Å². The van der Waals surface area contributed by atoms with Crippen LogP contribution in [0.5, 0.6) is 0 Å². The fourth-order valence-electron chi connectivity index (χ4n) is 9.33. The van der Waals surface area contributed by atoms with Crippen LogP contribution >= 0.6 is 0 Å². The molecule has 6 aliphatic rings. The first kappa shape index (κ1) is 53.9. The van der Waals surface area contributed by atoms with Gasteiger partial charge in [0, 0.05) is 5.92 Å². The predicted molar refractivity (Wildman–Crippen MR) is 314 cm³/mol. The third-order valence-electron chi connectivity index (χ3n) is 12.6. The van der Waals surface area contributed by atoms with Gasteiger partial charge in [-0.25, -0.2) is 0 Å². The first-order chi connectivity index (χ1) is 34.5. The first-order valence-electron chi connectivity index (χ1n) is 26.2. The molecule has 6 aliphatic carbocycles. The molecule has 4 aromatic carbocycles. The fraction of sp³-hybridized carbons (Fsp3) is 0.229. The molecule has 0 saturated heterocycles. The quantitative estimate of drug-likeness (QED) is 0.169. The Balaban J connectivity index is 0.000000229. The van der Waals surface area contributed by atoms with E-state index in [9.17, 15) is 0 Å². The van der Waals surface area contributed by atoms with Crippen molar-refractivity contribution in [2.24, 2.45) is 5.92 Å². The molecule has 10 rings (SSSR count). The number of aryl methyl sites for hydroxylation is 1. The van der Waals surface area contributed by atoms with Crippen LogP contribution in [0.25, 0.3) is 33.9 Å². The molecule has 0 heteroatoms. The summed E-state index contributed by atoms with van der Waals surface area (Å²) >= 11 is 0. The largest absolute Gasteiger partial charge is 0.0905 e. The van der Waals surface area contributed by atoms with Crippen molar-refractivity contribution in [2.75, 3.05) is 0 Å². The number of benzene rings is 4. The second-order valence-electron chi connectivity index (χ2n) is 16.9. The molecular weight excluding hydrogens is 841 g/mol. The van der Waals surface area contributed by atoms with Gasteiger partial charge in [-0.15, -0.1) is 0 Å². The van der Waals surface area contributed by atoms with Crippen LogP contribution in [0.4, 0.5) is 0 Å². The number of fused-ring (bicyclic) bond motifs is 5. The minimum absolute atomic E-state index is 0.237. The van der Waals surface area contributed by atoms with Gasteiger partial charge < -0.3 is 0 Å². The molecule has 0 heterocycles. The average Bonchev–Trinajstić information content (AvgIpc) is 4.21. The van der Waals surface area contributed by atoms with Crippen molar-refractivity contribution in [2.45, 2.75) is 99.8 Å². The summed E-state index contributed by atoms with van der Waals surface area (Å²) in [6.07, 6.45) is 56.2. The van der Waals surface area contributed by atoms with E-state index in [0.29, 0.717) is 5.92 Å². The van der Waals surface area contributed by atoms with Crippen molar-refractivity contribution < 1.29 is 0 Å². The zero-order chi connectivity index (χ0) is 50.1. The monoisotopic (exact) mass is 919 g/mol. The Morgan fingerprint density at radius 2 is 1.24 bits per heavy atom. The lowest BCUT2D eigenvalue weighted by Gasteiger charge is -2.27. The normalized spacial score (nSPS) is 22.6. The van der Waals surface area contributed by atoms with Gasteiger partial charge in [0.15, 0.2) is 0 Å². The maximum absolute atomic E-state index is 4.47. The van der Waals surface area contributed by atoms with Crippen LogP contribution in [-0.2, 0) is 11.8 Å². The lowest BCUT2D eigenvalue weighted by molar-refractivity contribution is 0.640. The van der Waals surface area contributed by atoms with Crippen molar-refractivity contribution in [3.63, 3.8) is 0 Å². The fourth-order valence-corrected chi connectivity index (χ4v) is 9.33. The molecule has 0 aliphatic heterocycles. The second kappa shape index (κ2) is 28.5. The van der Waals surface area contributed by atoms with Crippen LogP contribution in [-0.4, -0.2) is 0 Å².